The molecule has 0 saturated heterocycles. The molecule has 2 aromatic rings. The number of halogens is 3. The van der Waals surface area contributed by atoms with Crippen LogP contribution in [0.3, 0.4) is 0 Å². The van der Waals surface area contributed by atoms with Crippen molar-refractivity contribution in [3.8, 4) is 11.5 Å². The highest BCUT2D eigenvalue weighted by atomic mass is 19.4. The van der Waals surface area contributed by atoms with Crippen molar-refractivity contribution in [3.05, 3.63) is 35.7 Å². The van der Waals surface area contributed by atoms with Gasteiger partial charge >= 0.3 is 6.18 Å². The zero-order valence-electron chi connectivity index (χ0n) is 10.9. The van der Waals surface area contributed by atoms with Crippen molar-refractivity contribution in [1.82, 2.24) is 15.5 Å². The smallest absolute Gasteiger partial charge is 0.417 e. The minimum Gasteiger partial charge on any atom is -0.421 e. The Morgan fingerprint density at radius 2 is 1.95 bits per heavy atom. The molecule has 0 unspecified atom stereocenters. The molecular weight excluding hydrogens is 271 g/mol. The number of aromatic nitrogens is 2. The van der Waals surface area contributed by atoms with E-state index in [2.05, 4.69) is 15.5 Å². The molecule has 1 N–H and O–H groups in total. The maximum atomic E-state index is 12.9. The third-order valence-corrected chi connectivity index (χ3v) is 2.70. The van der Waals surface area contributed by atoms with Gasteiger partial charge in [0.25, 0.3) is 0 Å². The fourth-order valence-corrected chi connectivity index (χ4v) is 1.75. The van der Waals surface area contributed by atoms with E-state index < -0.39 is 11.7 Å². The van der Waals surface area contributed by atoms with Gasteiger partial charge in [-0.05, 0) is 18.7 Å². The maximum absolute atomic E-state index is 12.9. The Hall–Kier alpha value is -1.89. The number of nitrogens with one attached hydrogen (secondary N) is 1. The molecule has 0 atom stereocenters. The molecule has 7 heteroatoms. The molecule has 2 rings (SSSR count). The van der Waals surface area contributed by atoms with Crippen LogP contribution >= 0.6 is 0 Å². The van der Waals surface area contributed by atoms with E-state index in [-0.39, 0.29) is 11.5 Å². The van der Waals surface area contributed by atoms with Gasteiger partial charge in [-0.15, -0.1) is 10.2 Å². The first-order valence-electron chi connectivity index (χ1n) is 6.22. The first kappa shape index (κ1) is 14.5. The number of alkyl halides is 3. The van der Waals surface area contributed by atoms with Crippen LogP contribution < -0.4 is 5.32 Å². The molecule has 1 aromatic carbocycles. The monoisotopic (exact) mass is 285 g/mol. The van der Waals surface area contributed by atoms with Gasteiger partial charge in [-0.3, -0.25) is 0 Å². The van der Waals surface area contributed by atoms with Crippen molar-refractivity contribution in [2.45, 2.75) is 19.5 Å². The highest BCUT2D eigenvalue weighted by molar-refractivity contribution is 5.59. The summed E-state index contributed by atoms with van der Waals surface area (Å²) in [5.74, 6) is 0.211. The third kappa shape index (κ3) is 3.36. The number of hydrogen-bond donors (Lipinski definition) is 1. The molecule has 1 heterocycles. The number of likely N-dealkylation sites (N-methyl/N-ethyl adjacent to an activating group) is 1. The summed E-state index contributed by atoms with van der Waals surface area (Å²) in [6.07, 6.45) is -3.97. The number of rotatable bonds is 5. The lowest BCUT2D eigenvalue weighted by Gasteiger charge is -2.09. The third-order valence-electron chi connectivity index (χ3n) is 2.70. The van der Waals surface area contributed by atoms with E-state index >= 15 is 0 Å². The van der Waals surface area contributed by atoms with Crippen LogP contribution in [-0.4, -0.2) is 23.3 Å². The van der Waals surface area contributed by atoms with Crippen LogP contribution in [0.2, 0.25) is 0 Å². The molecule has 0 saturated carbocycles. The minimum atomic E-state index is -4.45. The van der Waals surface area contributed by atoms with E-state index in [9.17, 15) is 13.2 Å². The lowest BCUT2D eigenvalue weighted by atomic mass is 10.1. The van der Waals surface area contributed by atoms with Crippen molar-refractivity contribution in [1.29, 1.82) is 0 Å². The van der Waals surface area contributed by atoms with Crippen LogP contribution in [0, 0.1) is 0 Å². The summed E-state index contributed by atoms with van der Waals surface area (Å²) in [6.45, 7) is 3.40. The van der Waals surface area contributed by atoms with Gasteiger partial charge in [0.2, 0.25) is 11.8 Å². The summed E-state index contributed by atoms with van der Waals surface area (Å²) in [5, 5.41) is 10.5. The van der Waals surface area contributed by atoms with Crippen LogP contribution in [0.5, 0.6) is 0 Å². The average Bonchev–Trinajstić information content (AvgIpc) is 2.87. The van der Waals surface area contributed by atoms with E-state index in [4.69, 9.17) is 4.42 Å². The minimum absolute atomic E-state index is 0.0952. The summed E-state index contributed by atoms with van der Waals surface area (Å²) in [7, 11) is 0. The normalized spacial score (nSPS) is 11.8. The van der Waals surface area contributed by atoms with Gasteiger partial charge in [0, 0.05) is 13.0 Å². The highest BCUT2D eigenvalue weighted by Gasteiger charge is 2.34. The lowest BCUT2D eigenvalue weighted by Crippen LogP contribution is -2.16. The molecular formula is C13H14F3N3O. The fraction of sp³-hybridized carbons (Fsp3) is 0.385. The Bertz CT molecular complexity index is 566. The SMILES string of the molecule is CCNCCc1nnc(-c2ccccc2C(F)(F)F)o1. The summed E-state index contributed by atoms with van der Waals surface area (Å²) >= 11 is 0. The first-order chi connectivity index (χ1) is 9.52. The van der Waals surface area contributed by atoms with Crippen molar-refractivity contribution in [2.75, 3.05) is 13.1 Å². The quantitative estimate of drug-likeness (QED) is 0.858. The second-order valence-corrected chi connectivity index (χ2v) is 4.15. The van der Waals surface area contributed by atoms with Gasteiger partial charge in [0.05, 0.1) is 11.1 Å². The summed E-state index contributed by atoms with van der Waals surface area (Å²) in [6, 6.07) is 5.16. The Morgan fingerprint density at radius 3 is 2.65 bits per heavy atom. The number of hydrogen-bond acceptors (Lipinski definition) is 4. The van der Waals surface area contributed by atoms with Crippen molar-refractivity contribution in [3.63, 3.8) is 0 Å². The lowest BCUT2D eigenvalue weighted by molar-refractivity contribution is -0.137. The predicted octanol–water partition coefficient (Wildman–Crippen LogP) is 2.91. The Kier molecular flexibility index (Phi) is 4.39. The fourth-order valence-electron chi connectivity index (χ4n) is 1.75. The largest absolute Gasteiger partial charge is 0.421 e. The van der Waals surface area contributed by atoms with Gasteiger partial charge in [0.1, 0.15) is 0 Å². The standard InChI is InChI=1S/C13H14F3N3O/c1-2-17-8-7-11-18-19-12(20-11)9-5-3-4-6-10(9)13(14,15)16/h3-6,17H,2,7-8H2,1H3. The molecule has 108 valence electrons. The number of benzene rings is 1. The molecule has 1 aromatic heterocycles. The second-order valence-electron chi connectivity index (χ2n) is 4.15. The van der Waals surface area contributed by atoms with E-state index in [0.29, 0.717) is 18.9 Å². The Morgan fingerprint density at radius 1 is 1.20 bits per heavy atom. The molecule has 0 bridgehead atoms. The Labute approximate surface area is 114 Å². The zero-order chi connectivity index (χ0) is 14.6. The first-order valence-corrected chi connectivity index (χ1v) is 6.22. The molecule has 0 aliphatic carbocycles. The molecule has 4 nitrogen and oxygen atoms in total. The highest BCUT2D eigenvalue weighted by Crippen LogP contribution is 2.36. The second kappa shape index (κ2) is 6.04. The van der Waals surface area contributed by atoms with Gasteiger partial charge in [-0.25, -0.2) is 0 Å². The Balaban J connectivity index is 2.24. The predicted molar refractivity (Wildman–Crippen MR) is 67.0 cm³/mol. The van der Waals surface area contributed by atoms with E-state index in [1.54, 1.807) is 0 Å². The van der Waals surface area contributed by atoms with Crippen LogP contribution in [0.1, 0.15) is 18.4 Å². The molecule has 0 spiro atoms. The summed E-state index contributed by atoms with van der Waals surface area (Å²) in [4.78, 5) is 0. The summed E-state index contributed by atoms with van der Waals surface area (Å²) in [5.41, 5.74) is -0.871. The van der Waals surface area contributed by atoms with Crippen LogP contribution in [0.15, 0.2) is 28.7 Å². The van der Waals surface area contributed by atoms with Gasteiger partial charge < -0.3 is 9.73 Å². The summed E-state index contributed by atoms with van der Waals surface area (Å²) < 4.78 is 44.0. The average molecular weight is 285 g/mol. The van der Waals surface area contributed by atoms with Crippen LogP contribution in [0.25, 0.3) is 11.5 Å². The maximum Gasteiger partial charge on any atom is 0.417 e. The van der Waals surface area contributed by atoms with Gasteiger partial charge in [-0.1, -0.05) is 19.1 Å². The molecule has 0 amide bonds. The van der Waals surface area contributed by atoms with Gasteiger partial charge in [0.15, 0.2) is 0 Å². The topological polar surface area (TPSA) is 51.0 Å². The van der Waals surface area contributed by atoms with E-state index in [1.165, 1.54) is 18.2 Å². The molecule has 0 aliphatic rings. The van der Waals surface area contributed by atoms with E-state index in [0.717, 1.165) is 12.6 Å². The van der Waals surface area contributed by atoms with E-state index in [1.807, 2.05) is 6.92 Å². The van der Waals surface area contributed by atoms with Crippen molar-refractivity contribution in [2.24, 2.45) is 0 Å². The number of nitrogens with zero attached hydrogens (tertiary/aromatic N) is 2. The molecule has 0 radical (unpaired) electrons. The molecule has 0 aliphatic heterocycles. The molecule has 20 heavy (non-hydrogen) atoms. The van der Waals surface area contributed by atoms with Crippen molar-refractivity contribution < 1.29 is 17.6 Å². The van der Waals surface area contributed by atoms with Crippen molar-refractivity contribution >= 4 is 0 Å². The van der Waals surface area contributed by atoms with Crippen LogP contribution in [-0.2, 0) is 12.6 Å². The van der Waals surface area contributed by atoms with Gasteiger partial charge in [-0.2, -0.15) is 13.2 Å². The molecule has 0 fully saturated rings. The van der Waals surface area contributed by atoms with Crippen LogP contribution in [0.4, 0.5) is 13.2 Å². The zero-order valence-corrected chi connectivity index (χ0v) is 10.9.